The lowest BCUT2D eigenvalue weighted by molar-refractivity contribution is 0.118. The molecule has 8 heteroatoms. The molecule has 7 aromatic rings. The van der Waals surface area contributed by atoms with Crippen LogP contribution in [0.2, 0.25) is 5.11 Å². The first-order valence-corrected chi connectivity index (χ1v) is 13.6. The summed E-state index contributed by atoms with van der Waals surface area (Å²) in [6.45, 7) is 0. The molecule has 0 aliphatic heterocycles. The summed E-state index contributed by atoms with van der Waals surface area (Å²) < 4.78 is 1.83. The van der Waals surface area contributed by atoms with E-state index in [1.807, 2.05) is 71.3 Å². The van der Waals surface area contributed by atoms with E-state index in [9.17, 15) is 5.11 Å². The van der Waals surface area contributed by atoms with Crippen LogP contribution in [-0.2, 0) is 5.50 Å². The molecule has 0 bridgehead atoms. The fraction of sp³-hybridized carbons (Fsp3) is 0.0588. The minimum Gasteiger partial charge on any atom is -0.394 e. The molecule has 1 N–H and O–H groups in total. The molecule has 7 rings (SSSR count). The molecule has 1 unspecified atom stereocenters. The Bertz CT molecular complexity index is 2060. The van der Waals surface area contributed by atoms with Crippen molar-refractivity contribution in [2.75, 3.05) is 0 Å². The first kappa shape index (κ1) is 26.4. The number of aliphatic hydroxyl groups is 1. The molecule has 190 valence electrons. The van der Waals surface area contributed by atoms with E-state index in [-0.39, 0.29) is 5.82 Å². The van der Waals surface area contributed by atoms with Crippen LogP contribution in [0.3, 0.4) is 0 Å². The van der Waals surface area contributed by atoms with Crippen LogP contribution in [-0.4, -0.2) is 51.0 Å². The number of hydrogen-bond donors (Lipinski definition) is 1. The third-order valence-corrected chi connectivity index (χ3v) is 7.88. The van der Waals surface area contributed by atoms with Crippen LogP contribution in [0.5, 0.6) is 0 Å². The van der Waals surface area contributed by atoms with Gasteiger partial charge in [-0.1, -0.05) is 84.9 Å². The third-order valence-electron chi connectivity index (χ3n) is 7.88. The molecule has 0 spiro atoms. The highest BCUT2D eigenvalue weighted by Gasteiger charge is 2.40. The van der Waals surface area contributed by atoms with Crippen LogP contribution in [0.15, 0.2) is 122 Å². The van der Waals surface area contributed by atoms with Crippen molar-refractivity contribution in [3.63, 3.8) is 0 Å². The second kappa shape index (κ2) is 9.78. The van der Waals surface area contributed by atoms with Gasteiger partial charge in [-0.25, -0.2) is 4.98 Å². The monoisotopic (exact) mass is 531 g/mol. The molecule has 2 aromatic heterocycles. The zero-order valence-corrected chi connectivity index (χ0v) is 22.6. The molecular formula is C34H21B4N3O. The number of nitrogens with zero attached hydrogens (tertiary/aromatic N) is 3. The van der Waals surface area contributed by atoms with Gasteiger partial charge in [0.05, 0.1) is 45.8 Å². The minimum absolute atomic E-state index is 0.0384. The molecule has 0 aliphatic rings. The first-order chi connectivity index (χ1) is 20.3. The van der Waals surface area contributed by atoms with Crippen LogP contribution in [0.1, 0.15) is 5.82 Å². The average molecular weight is 531 g/mol. The molecule has 1 atom stereocenters. The van der Waals surface area contributed by atoms with E-state index < -0.39 is 10.6 Å². The maximum atomic E-state index is 11.5. The molecule has 8 radical (unpaired) electrons. The maximum Gasteiger partial charge on any atom is 0.135 e. The van der Waals surface area contributed by atoms with Crippen molar-refractivity contribution in [3.05, 3.63) is 127 Å². The zero-order valence-electron chi connectivity index (χ0n) is 22.6. The number of aromatic nitrogens is 3. The van der Waals surface area contributed by atoms with E-state index in [0.29, 0.717) is 5.52 Å². The maximum absolute atomic E-state index is 11.5. The number of fused-ring (bicyclic) bond motifs is 3. The lowest BCUT2D eigenvalue weighted by atomic mass is 9.32. The van der Waals surface area contributed by atoms with Crippen molar-refractivity contribution in [1.29, 1.82) is 0 Å². The normalized spacial score (nSPS) is 13.5. The van der Waals surface area contributed by atoms with Gasteiger partial charge in [0, 0.05) is 23.2 Å². The largest absolute Gasteiger partial charge is 0.394 e. The van der Waals surface area contributed by atoms with Crippen LogP contribution >= 0.6 is 0 Å². The van der Waals surface area contributed by atoms with E-state index in [2.05, 4.69) is 47.4 Å². The molecule has 0 saturated heterocycles. The molecular weight excluding hydrogens is 510 g/mol. The Labute approximate surface area is 249 Å². The van der Waals surface area contributed by atoms with Gasteiger partial charge in [0.15, 0.2) is 0 Å². The van der Waals surface area contributed by atoms with Gasteiger partial charge in [0.2, 0.25) is 0 Å². The lowest BCUT2D eigenvalue weighted by Crippen LogP contribution is -2.44. The van der Waals surface area contributed by atoms with Gasteiger partial charge in [-0.05, 0) is 57.3 Å². The van der Waals surface area contributed by atoms with Gasteiger partial charge >= 0.3 is 0 Å². The Balaban J connectivity index is 1.66. The standard InChI is InChI=1S/C34H21B4N3O/c35-33(42,34(36,37)38)32-40-28-15-7-8-16-29(28)41(32)31-26-13-5-3-11-24(26)30(25-12-4-6-14-27(25)31)23-10-2-1-9-22(23)21-17-19-39-20-18-21/h1-20,42H. The van der Waals surface area contributed by atoms with E-state index >= 15 is 0 Å². The fourth-order valence-corrected chi connectivity index (χ4v) is 5.82. The van der Waals surface area contributed by atoms with Gasteiger partial charge in [0.25, 0.3) is 0 Å². The summed E-state index contributed by atoms with van der Waals surface area (Å²) in [6, 6.07) is 36.3. The van der Waals surface area contributed by atoms with E-state index in [0.717, 1.165) is 55.0 Å². The quantitative estimate of drug-likeness (QED) is 0.221. The summed E-state index contributed by atoms with van der Waals surface area (Å²) in [6.07, 6.45) is 3.61. The highest BCUT2D eigenvalue weighted by molar-refractivity contribution is 6.62. The Kier molecular flexibility index (Phi) is 6.14. The van der Waals surface area contributed by atoms with Gasteiger partial charge < -0.3 is 5.11 Å². The third kappa shape index (κ3) is 4.01. The molecule has 42 heavy (non-hydrogen) atoms. The summed E-state index contributed by atoms with van der Waals surface area (Å²) >= 11 is 0. The lowest BCUT2D eigenvalue weighted by Gasteiger charge is -2.39. The molecule has 0 saturated carbocycles. The number of hydrogen-bond acceptors (Lipinski definition) is 3. The van der Waals surface area contributed by atoms with Crippen molar-refractivity contribution >= 4 is 64.0 Å². The van der Waals surface area contributed by atoms with E-state index in [1.165, 1.54) is 0 Å². The van der Waals surface area contributed by atoms with Gasteiger partial charge in [0.1, 0.15) is 13.7 Å². The van der Waals surface area contributed by atoms with Crippen molar-refractivity contribution < 1.29 is 5.11 Å². The smallest absolute Gasteiger partial charge is 0.135 e. The molecule has 0 aliphatic carbocycles. The second-order valence-corrected chi connectivity index (χ2v) is 10.6. The minimum atomic E-state index is -2.37. The Hall–Kier alpha value is -4.54. The summed E-state index contributed by atoms with van der Waals surface area (Å²) in [5.41, 5.74) is 4.06. The topological polar surface area (TPSA) is 50.9 Å². The van der Waals surface area contributed by atoms with Crippen LogP contribution in [0.4, 0.5) is 0 Å². The zero-order chi connectivity index (χ0) is 29.1. The molecule has 4 nitrogen and oxygen atoms in total. The molecule has 2 heterocycles. The molecule has 0 fully saturated rings. The van der Waals surface area contributed by atoms with Crippen molar-refractivity contribution in [3.8, 4) is 27.9 Å². The average Bonchev–Trinajstić information content (AvgIpc) is 3.40. The summed E-state index contributed by atoms with van der Waals surface area (Å²) in [5, 5.41) is 13.2. The number of imidazole rings is 1. The Morgan fingerprint density at radius 3 is 1.74 bits per heavy atom. The summed E-state index contributed by atoms with van der Waals surface area (Å²) in [7, 11) is 24.5. The number of rotatable bonds is 5. The fourth-order valence-electron chi connectivity index (χ4n) is 5.82. The van der Waals surface area contributed by atoms with Gasteiger partial charge in [-0.15, -0.1) is 5.11 Å². The van der Waals surface area contributed by atoms with Crippen LogP contribution in [0, 0.1) is 0 Å². The molecule has 0 amide bonds. The summed E-state index contributed by atoms with van der Waals surface area (Å²) in [5.74, 6) is 0.0384. The highest BCUT2D eigenvalue weighted by Crippen LogP contribution is 2.46. The Morgan fingerprint density at radius 1 is 0.595 bits per heavy atom. The predicted molar refractivity (Wildman–Crippen MR) is 174 cm³/mol. The SMILES string of the molecule is [B]C([B])([B])C([B])(O)c1nc2ccccc2n1-c1c2ccccc2c(-c2ccccc2-c2ccncc2)c2ccccc12. The number of benzene rings is 5. The molecule has 5 aromatic carbocycles. The van der Waals surface area contributed by atoms with E-state index in [1.54, 1.807) is 12.4 Å². The first-order valence-electron chi connectivity index (χ1n) is 13.6. The van der Waals surface area contributed by atoms with Crippen molar-refractivity contribution in [2.45, 2.75) is 10.6 Å². The highest BCUT2D eigenvalue weighted by atomic mass is 16.3. The Morgan fingerprint density at radius 2 is 1.12 bits per heavy atom. The van der Waals surface area contributed by atoms with Gasteiger partial charge in [-0.2, -0.15) is 0 Å². The number of para-hydroxylation sites is 2. The van der Waals surface area contributed by atoms with Crippen LogP contribution < -0.4 is 0 Å². The summed E-state index contributed by atoms with van der Waals surface area (Å²) in [4.78, 5) is 8.93. The predicted octanol–water partition coefficient (Wildman–Crippen LogP) is 5.95. The number of pyridine rings is 1. The van der Waals surface area contributed by atoms with Crippen LogP contribution in [0.25, 0.3) is 60.5 Å². The van der Waals surface area contributed by atoms with Crippen molar-refractivity contribution in [2.24, 2.45) is 0 Å². The van der Waals surface area contributed by atoms with Crippen molar-refractivity contribution in [1.82, 2.24) is 14.5 Å². The van der Waals surface area contributed by atoms with E-state index in [4.69, 9.17) is 36.4 Å². The second-order valence-electron chi connectivity index (χ2n) is 10.6. The van der Waals surface area contributed by atoms with Gasteiger partial charge in [-0.3, -0.25) is 9.55 Å².